The van der Waals surface area contributed by atoms with E-state index < -0.39 is 11.8 Å². The number of anilines is 6. The number of nitrogens with zero attached hydrogens (tertiary/aromatic N) is 10. The Morgan fingerprint density at radius 2 is 1.09 bits per heavy atom. The second kappa shape index (κ2) is 22.3. The monoisotopic (exact) mass is 1160 g/mol. The zero-order valence-corrected chi connectivity index (χ0v) is 45.9. The van der Waals surface area contributed by atoms with Crippen molar-refractivity contribution in [1.29, 1.82) is 0 Å². The number of pyridine rings is 2. The average molecular weight is 1160 g/mol. The van der Waals surface area contributed by atoms with Crippen molar-refractivity contribution in [1.82, 2.24) is 81.9 Å². The van der Waals surface area contributed by atoms with Crippen LogP contribution in [0, 0.1) is 0 Å². The maximum Gasteiger partial charge on any atom is 0.252 e. The summed E-state index contributed by atoms with van der Waals surface area (Å²) in [5, 5.41) is 55.6. The number of benzene rings is 3. The predicted molar refractivity (Wildman–Crippen MR) is 317 cm³/mol. The van der Waals surface area contributed by atoms with Crippen LogP contribution in [-0.4, -0.2) is 89.9 Å². The number of halogens is 4. The van der Waals surface area contributed by atoms with Crippen LogP contribution in [0.1, 0.15) is 55.6 Å². The Labute approximate surface area is 484 Å². The zero-order chi connectivity index (χ0) is 59.1. The van der Waals surface area contributed by atoms with Gasteiger partial charge in [-0.1, -0.05) is 48.2 Å². The zero-order valence-electron chi connectivity index (χ0n) is 45.9. The van der Waals surface area contributed by atoms with Crippen LogP contribution < -0.4 is 31.9 Å². The molecule has 1 aliphatic heterocycles. The summed E-state index contributed by atoms with van der Waals surface area (Å²) in [4.78, 5) is 17.1. The molecule has 434 valence electrons. The lowest BCUT2D eigenvalue weighted by atomic mass is 9.88. The van der Waals surface area contributed by atoms with E-state index in [2.05, 4.69) is 131 Å². The van der Waals surface area contributed by atoms with Gasteiger partial charge in [0.2, 0.25) is 5.65 Å². The number of aromatic amines is 3. The van der Waals surface area contributed by atoms with E-state index in [1.54, 1.807) is 24.8 Å². The highest BCUT2D eigenvalue weighted by atomic mass is 19.3. The third-order valence-corrected chi connectivity index (χ3v) is 14.8. The highest BCUT2D eigenvalue weighted by Crippen LogP contribution is 2.40. The van der Waals surface area contributed by atoms with Crippen molar-refractivity contribution in [2.75, 3.05) is 16.0 Å². The molecule has 3 aliphatic rings. The van der Waals surface area contributed by atoms with Crippen molar-refractivity contribution >= 4 is 101 Å². The summed E-state index contributed by atoms with van der Waals surface area (Å²) in [7, 11) is 0. The summed E-state index contributed by atoms with van der Waals surface area (Å²) in [6, 6.07) is 24.2. The van der Waals surface area contributed by atoms with Crippen molar-refractivity contribution in [3.63, 3.8) is 0 Å². The molecule has 22 nitrogen and oxygen atoms in total. The molecule has 1 unspecified atom stereocenters. The number of hydrogen-bond donors (Lipinski definition) is 9. The van der Waals surface area contributed by atoms with Gasteiger partial charge in [-0.2, -0.15) is 15.3 Å². The SMILES string of the molecule is C=C(Cc1noc2cc(Nc3[nH]nc4nccnc34)ccc12)NC1CC(F)(F)C1.C=C(Cc1noc2cc(Nc3n[nH]c4cccnc34)ccc12)NC1CC(F)(F)C1.C=C1C=CC(C(C)c2noc3cc(Nc4n[nH]c5cccnc45)ccc23)=CN1. The number of dihydropyridines is 1. The molecule has 2 fully saturated rings. The number of aromatic nitrogens is 13. The highest BCUT2D eigenvalue weighted by Gasteiger charge is 2.46. The van der Waals surface area contributed by atoms with E-state index in [0.717, 1.165) is 77.8 Å². The average Bonchev–Trinajstić information content (AvgIpc) is 3.42. The number of alkyl halides is 4. The van der Waals surface area contributed by atoms with Crippen LogP contribution in [0.15, 0.2) is 178 Å². The van der Waals surface area contributed by atoms with E-state index in [-0.39, 0.29) is 43.7 Å². The van der Waals surface area contributed by atoms with Gasteiger partial charge in [0.05, 0.1) is 28.1 Å². The van der Waals surface area contributed by atoms with Gasteiger partial charge in [-0.05, 0) is 72.3 Å². The van der Waals surface area contributed by atoms with Gasteiger partial charge in [-0.15, -0.1) is 0 Å². The molecule has 3 aromatic carbocycles. The lowest BCUT2D eigenvalue weighted by molar-refractivity contribution is -0.0913. The highest BCUT2D eigenvalue weighted by molar-refractivity contribution is 5.92. The molecule has 0 bridgehead atoms. The Morgan fingerprint density at radius 3 is 1.63 bits per heavy atom. The summed E-state index contributed by atoms with van der Waals surface area (Å²) in [5.74, 6) is -3.11. The minimum absolute atomic E-state index is 0.0939. The third-order valence-electron chi connectivity index (χ3n) is 14.8. The Bertz CT molecular complexity index is 4400. The van der Waals surface area contributed by atoms with Crippen molar-refractivity contribution in [2.45, 2.75) is 75.3 Å². The second-order valence-electron chi connectivity index (χ2n) is 21.2. The second-order valence-corrected chi connectivity index (χ2v) is 21.2. The number of hydrogen-bond acceptors (Lipinski definition) is 19. The molecule has 26 heteroatoms. The predicted octanol–water partition coefficient (Wildman–Crippen LogP) is 12.5. The number of H-pyrrole nitrogens is 3. The van der Waals surface area contributed by atoms with Crippen molar-refractivity contribution in [3.05, 3.63) is 181 Å². The lowest BCUT2D eigenvalue weighted by Crippen LogP contribution is -2.48. The quantitative estimate of drug-likeness (QED) is 0.0406. The fourth-order valence-electron chi connectivity index (χ4n) is 10.4. The Hall–Kier alpha value is -10.9. The molecule has 9 aromatic heterocycles. The normalized spacial score (nSPS) is 15.7. The molecule has 15 rings (SSSR count). The Balaban J connectivity index is 0.000000120. The van der Waals surface area contributed by atoms with E-state index in [1.807, 2.05) is 91.1 Å². The van der Waals surface area contributed by atoms with E-state index >= 15 is 0 Å². The van der Waals surface area contributed by atoms with Gasteiger partial charge in [-0.25, -0.2) is 27.5 Å². The molecule has 0 saturated heterocycles. The first-order chi connectivity index (χ1) is 41.6. The molecule has 86 heavy (non-hydrogen) atoms. The first-order valence-electron chi connectivity index (χ1n) is 27.3. The Kier molecular flexibility index (Phi) is 14.1. The van der Waals surface area contributed by atoms with Gasteiger partial charge < -0.3 is 45.5 Å². The standard InChI is InChI=1S/C21H18N6O.C20H18F2N6O.C19H17F2N7O/c1-12-5-6-14(11-23-12)13(2)19-16-8-7-15(10-18(16)28-27-19)24-21-20-17(25-26-21)4-3-9-22-20;1-11(24-13-9-20(21,22)10-13)7-16-14-5-4-12(8-17(14)29-28-16)25-19-18-15(26-27-19)3-2-6-23-18;1-10(24-12-8-19(20,21)9-12)6-14-13-3-2-11(7-15(13)29-28-14)25-18-16-17(26-27-18)23-5-4-22-16/h3-11,13,23H,1H2,2H3,(H2,24,25,26);2-6,8,13,24H,1,7,9-10H2,(H2,25,26,27);2-5,7,12,24H,1,6,8-9H2,(H2,23,25,26,27). The largest absolute Gasteiger partial charge is 0.385 e. The summed E-state index contributed by atoms with van der Waals surface area (Å²) < 4.78 is 68.4. The topological polar surface area (TPSA) is 288 Å². The van der Waals surface area contributed by atoms with E-state index in [0.29, 0.717) is 75.4 Å². The van der Waals surface area contributed by atoms with Crippen molar-refractivity contribution in [2.24, 2.45) is 0 Å². The van der Waals surface area contributed by atoms with Crippen LogP contribution in [0.25, 0.3) is 66.1 Å². The number of nitrogens with one attached hydrogen (secondary N) is 9. The number of allylic oxidation sites excluding steroid dienone is 5. The van der Waals surface area contributed by atoms with Crippen LogP contribution in [0.3, 0.4) is 0 Å². The van der Waals surface area contributed by atoms with Crippen molar-refractivity contribution < 1.29 is 31.1 Å². The maximum absolute atomic E-state index is 13.0. The molecule has 0 amide bonds. The van der Waals surface area contributed by atoms with Crippen LogP contribution in [-0.2, 0) is 12.8 Å². The van der Waals surface area contributed by atoms with Crippen molar-refractivity contribution in [3.8, 4) is 0 Å². The molecule has 0 radical (unpaired) electrons. The Morgan fingerprint density at radius 1 is 0.593 bits per heavy atom. The molecule has 2 aliphatic carbocycles. The molecule has 12 aromatic rings. The molecule has 0 spiro atoms. The molecule has 2 saturated carbocycles. The van der Waals surface area contributed by atoms with E-state index in [9.17, 15) is 17.6 Å². The van der Waals surface area contributed by atoms with Crippen LogP contribution >= 0.6 is 0 Å². The van der Waals surface area contributed by atoms with E-state index in [1.165, 1.54) is 0 Å². The molecule has 10 heterocycles. The maximum atomic E-state index is 13.0. The van der Waals surface area contributed by atoms with Gasteiger partial charge in [0.25, 0.3) is 11.8 Å². The van der Waals surface area contributed by atoms with Gasteiger partial charge >= 0.3 is 0 Å². The summed E-state index contributed by atoms with van der Waals surface area (Å²) in [5.41, 5.74) is 14.4. The molecule has 9 N–H and O–H groups in total. The van der Waals surface area contributed by atoms with Crippen LogP contribution in [0.2, 0.25) is 0 Å². The molecular weight excluding hydrogens is 1110 g/mol. The van der Waals surface area contributed by atoms with Gasteiger partial charge in [0, 0.05) is 156 Å². The van der Waals surface area contributed by atoms with Crippen LogP contribution in [0.4, 0.5) is 52.1 Å². The fourth-order valence-corrected chi connectivity index (χ4v) is 10.4. The smallest absolute Gasteiger partial charge is 0.252 e. The molecular formula is C60H53F4N19O3. The third kappa shape index (κ3) is 11.6. The van der Waals surface area contributed by atoms with Gasteiger partial charge in [0.1, 0.15) is 11.0 Å². The number of rotatable bonds is 16. The first-order valence-corrected chi connectivity index (χ1v) is 27.3. The minimum Gasteiger partial charge on any atom is -0.385 e. The fraction of sp³-hybridized carbons (Fsp3) is 0.200. The summed E-state index contributed by atoms with van der Waals surface area (Å²) >= 11 is 0. The summed E-state index contributed by atoms with van der Waals surface area (Å²) in [6.07, 6.45) is 12.8. The first kappa shape index (κ1) is 54.3. The lowest BCUT2D eigenvalue weighted by Gasteiger charge is -2.36. The van der Waals surface area contributed by atoms with Gasteiger partial charge in [-0.3, -0.25) is 25.3 Å². The van der Waals surface area contributed by atoms with Gasteiger partial charge in [0.15, 0.2) is 39.7 Å². The minimum atomic E-state index is -2.56. The number of fused-ring (bicyclic) bond motifs is 6. The summed E-state index contributed by atoms with van der Waals surface area (Å²) in [6.45, 7) is 13.9. The molecule has 1 atom stereocenters. The van der Waals surface area contributed by atoms with Crippen LogP contribution in [0.5, 0.6) is 0 Å². The van der Waals surface area contributed by atoms with E-state index in [4.69, 9.17) is 13.6 Å².